The van der Waals surface area contributed by atoms with Crippen molar-refractivity contribution in [3.05, 3.63) is 53.1 Å². The zero-order valence-corrected chi connectivity index (χ0v) is 15.4. The summed E-state index contributed by atoms with van der Waals surface area (Å²) in [6.45, 7) is 4.10. The first-order chi connectivity index (χ1) is 12.5. The van der Waals surface area contributed by atoms with E-state index in [0.29, 0.717) is 34.1 Å². The minimum absolute atomic E-state index is 0.0215. The molecule has 0 bridgehead atoms. The van der Waals surface area contributed by atoms with Crippen molar-refractivity contribution < 1.29 is 23.7 Å². The summed E-state index contributed by atoms with van der Waals surface area (Å²) in [5.41, 5.74) is 1.82. The monoisotopic (exact) mass is 354 g/mol. The lowest BCUT2D eigenvalue weighted by molar-refractivity contribution is 0.100. The Balaban J connectivity index is 2.02. The first-order valence-corrected chi connectivity index (χ1v) is 8.43. The summed E-state index contributed by atoms with van der Waals surface area (Å²) in [5.74, 6) is 2.34. The number of carbonyl (C=O) groups excluding carboxylic acids is 1. The number of benzene rings is 2. The first-order valence-electron chi connectivity index (χ1n) is 8.43. The molecular weight excluding hydrogens is 332 g/mol. The smallest absolute Gasteiger partial charge is 0.196 e. The Kier molecular flexibility index (Phi) is 5.16. The Morgan fingerprint density at radius 1 is 1.12 bits per heavy atom. The van der Waals surface area contributed by atoms with E-state index in [2.05, 4.69) is 0 Å². The normalized spacial score (nSPS) is 14.8. The third-order valence-corrected chi connectivity index (χ3v) is 4.02. The SMILES string of the molecule is COc1ccc2c(c1)C(=O)/C(=C/c1cccc(OC)c1OC(C)C)CO2. The van der Waals surface area contributed by atoms with Crippen LogP contribution in [-0.2, 0) is 0 Å². The molecule has 5 nitrogen and oxygen atoms in total. The van der Waals surface area contributed by atoms with Crippen LogP contribution in [0.5, 0.6) is 23.0 Å². The Morgan fingerprint density at radius 2 is 1.92 bits per heavy atom. The maximum atomic E-state index is 12.9. The van der Waals surface area contributed by atoms with Gasteiger partial charge in [-0.15, -0.1) is 0 Å². The summed E-state index contributed by atoms with van der Waals surface area (Å²) < 4.78 is 22.3. The fraction of sp³-hybridized carbons (Fsp3) is 0.286. The summed E-state index contributed by atoms with van der Waals surface area (Å²) in [6.07, 6.45) is 1.78. The molecule has 0 spiro atoms. The molecule has 26 heavy (non-hydrogen) atoms. The number of fused-ring (bicyclic) bond motifs is 1. The molecule has 0 atom stereocenters. The average molecular weight is 354 g/mol. The van der Waals surface area contributed by atoms with Crippen molar-refractivity contribution in [2.75, 3.05) is 20.8 Å². The zero-order chi connectivity index (χ0) is 18.7. The fourth-order valence-electron chi connectivity index (χ4n) is 2.80. The van der Waals surface area contributed by atoms with Gasteiger partial charge in [-0.05, 0) is 44.2 Å². The predicted octanol–water partition coefficient (Wildman–Crippen LogP) is 4.15. The van der Waals surface area contributed by atoms with Crippen LogP contribution in [0, 0.1) is 0 Å². The van der Waals surface area contributed by atoms with Crippen molar-refractivity contribution >= 4 is 11.9 Å². The van der Waals surface area contributed by atoms with Gasteiger partial charge >= 0.3 is 0 Å². The molecule has 2 aromatic rings. The van der Waals surface area contributed by atoms with Gasteiger partial charge in [-0.3, -0.25) is 4.79 Å². The summed E-state index contributed by atoms with van der Waals surface area (Å²) in [7, 11) is 3.16. The number of Topliss-reactive ketones (excluding diaryl/α,β-unsaturated/α-hetero) is 1. The van der Waals surface area contributed by atoms with Crippen LogP contribution in [0.15, 0.2) is 42.0 Å². The molecule has 0 saturated heterocycles. The number of hydrogen-bond donors (Lipinski definition) is 0. The third kappa shape index (κ3) is 3.52. The fourth-order valence-corrected chi connectivity index (χ4v) is 2.80. The van der Waals surface area contributed by atoms with Crippen LogP contribution in [0.2, 0.25) is 0 Å². The lowest BCUT2D eigenvalue weighted by Crippen LogP contribution is -2.19. The van der Waals surface area contributed by atoms with Gasteiger partial charge in [0.15, 0.2) is 17.3 Å². The van der Waals surface area contributed by atoms with E-state index in [-0.39, 0.29) is 18.5 Å². The number of ether oxygens (including phenoxy) is 4. The molecule has 1 heterocycles. The van der Waals surface area contributed by atoms with E-state index in [1.165, 1.54) is 0 Å². The van der Waals surface area contributed by atoms with Crippen LogP contribution in [0.25, 0.3) is 6.08 Å². The second-order valence-electron chi connectivity index (χ2n) is 6.19. The van der Waals surface area contributed by atoms with Crippen LogP contribution >= 0.6 is 0 Å². The van der Waals surface area contributed by atoms with Crippen LogP contribution in [0.1, 0.15) is 29.8 Å². The molecule has 0 amide bonds. The molecule has 5 heteroatoms. The van der Waals surface area contributed by atoms with E-state index in [1.807, 2.05) is 32.0 Å². The van der Waals surface area contributed by atoms with Gasteiger partial charge in [0.05, 0.1) is 25.9 Å². The molecule has 136 valence electrons. The lowest BCUT2D eigenvalue weighted by Gasteiger charge is -2.20. The molecule has 1 aliphatic heterocycles. The van der Waals surface area contributed by atoms with Gasteiger partial charge in [-0.2, -0.15) is 0 Å². The van der Waals surface area contributed by atoms with Gasteiger partial charge in [0.1, 0.15) is 18.1 Å². The molecule has 0 unspecified atom stereocenters. The minimum Gasteiger partial charge on any atom is -0.497 e. The lowest BCUT2D eigenvalue weighted by atomic mass is 9.98. The number of rotatable bonds is 5. The molecule has 0 saturated carbocycles. The van der Waals surface area contributed by atoms with Gasteiger partial charge in [0, 0.05) is 11.1 Å². The molecule has 0 N–H and O–H groups in total. The first kappa shape index (κ1) is 17.9. The Labute approximate surface area is 153 Å². The summed E-state index contributed by atoms with van der Waals surface area (Å²) in [4.78, 5) is 12.9. The average Bonchev–Trinajstić information content (AvgIpc) is 2.64. The molecule has 0 fully saturated rings. The van der Waals surface area contributed by atoms with Crippen LogP contribution in [0.4, 0.5) is 0 Å². The van der Waals surface area contributed by atoms with Crippen molar-refractivity contribution in [3.63, 3.8) is 0 Å². The van der Waals surface area contributed by atoms with E-state index in [0.717, 1.165) is 5.56 Å². The Morgan fingerprint density at radius 3 is 2.62 bits per heavy atom. The number of para-hydroxylation sites is 1. The number of methoxy groups -OCH3 is 2. The summed E-state index contributed by atoms with van der Waals surface area (Å²) >= 11 is 0. The standard InChI is InChI=1S/C21H22O5/c1-13(2)26-21-14(6-5-7-19(21)24-4)10-15-12-25-18-9-8-16(23-3)11-17(18)20(15)22/h5-11,13H,12H2,1-4H3/b15-10+. The van der Waals surface area contributed by atoms with E-state index < -0.39 is 0 Å². The quantitative estimate of drug-likeness (QED) is 0.755. The summed E-state index contributed by atoms with van der Waals surface area (Å²) in [6, 6.07) is 10.8. The van der Waals surface area contributed by atoms with Gasteiger partial charge in [-0.25, -0.2) is 0 Å². The highest BCUT2D eigenvalue weighted by Crippen LogP contribution is 2.36. The van der Waals surface area contributed by atoms with Crippen molar-refractivity contribution in [2.45, 2.75) is 20.0 Å². The van der Waals surface area contributed by atoms with Crippen molar-refractivity contribution in [1.82, 2.24) is 0 Å². The maximum Gasteiger partial charge on any atom is 0.196 e. The van der Waals surface area contributed by atoms with Crippen LogP contribution in [-0.4, -0.2) is 32.7 Å². The van der Waals surface area contributed by atoms with Crippen molar-refractivity contribution in [1.29, 1.82) is 0 Å². The van der Waals surface area contributed by atoms with Crippen LogP contribution in [0.3, 0.4) is 0 Å². The molecule has 2 aromatic carbocycles. The van der Waals surface area contributed by atoms with E-state index >= 15 is 0 Å². The Bertz CT molecular complexity index is 851. The topological polar surface area (TPSA) is 54.0 Å². The molecular formula is C21H22O5. The Hall–Kier alpha value is -2.95. The van der Waals surface area contributed by atoms with Crippen molar-refractivity contribution in [3.8, 4) is 23.0 Å². The zero-order valence-electron chi connectivity index (χ0n) is 15.4. The van der Waals surface area contributed by atoms with Crippen molar-refractivity contribution in [2.24, 2.45) is 0 Å². The maximum absolute atomic E-state index is 12.9. The van der Waals surface area contributed by atoms with E-state index in [1.54, 1.807) is 38.5 Å². The highest BCUT2D eigenvalue weighted by molar-refractivity contribution is 6.14. The summed E-state index contributed by atoms with van der Waals surface area (Å²) in [5, 5.41) is 0. The number of hydrogen-bond acceptors (Lipinski definition) is 5. The second-order valence-corrected chi connectivity index (χ2v) is 6.19. The van der Waals surface area contributed by atoms with Gasteiger partial charge in [0.25, 0.3) is 0 Å². The van der Waals surface area contributed by atoms with E-state index in [4.69, 9.17) is 18.9 Å². The predicted molar refractivity (Wildman–Crippen MR) is 99.6 cm³/mol. The molecule has 0 aliphatic carbocycles. The van der Waals surface area contributed by atoms with E-state index in [9.17, 15) is 4.79 Å². The van der Waals surface area contributed by atoms with Gasteiger partial charge in [0.2, 0.25) is 0 Å². The number of carbonyl (C=O) groups is 1. The third-order valence-electron chi connectivity index (χ3n) is 4.02. The number of ketones is 1. The minimum atomic E-state index is -0.0801. The largest absolute Gasteiger partial charge is 0.497 e. The molecule has 0 radical (unpaired) electrons. The highest BCUT2D eigenvalue weighted by Gasteiger charge is 2.24. The van der Waals surface area contributed by atoms with Gasteiger partial charge < -0.3 is 18.9 Å². The highest BCUT2D eigenvalue weighted by atomic mass is 16.5. The second kappa shape index (κ2) is 7.52. The molecule has 3 rings (SSSR count). The molecule has 0 aromatic heterocycles. The van der Waals surface area contributed by atoms with Crippen LogP contribution < -0.4 is 18.9 Å². The van der Waals surface area contributed by atoms with Gasteiger partial charge in [-0.1, -0.05) is 12.1 Å². The molecule has 1 aliphatic rings.